The van der Waals surface area contributed by atoms with Crippen LogP contribution in [-0.2, 0) is 17.6 Å². The van der Waals surface area contributed by atoms with Crippen molar-refractivity contribution in [1.29, 1.82) is 0 Å². The Labute approximate surface area is 238 Å². The molecule has 39 heavy (non-hydrogen) atoms. The Balaban J connectivity index is 1.58. The molecule has 5 nitrogen and oxygen atoms in total. The molecule has 2 aromatic rings. The molecule has 0 spiro atoms. The van der Waals surface area contributed by atoms with Gasteiger partial charge in [-0.25, -0.2) is 0 Å². The average Bonchev–Trinajstić information content (AvgIpc) is 2.94. The van der Waals surface area contributed by atoms with Crippen LogP contribution in [-0.4, -0.2) is 36.5 Å². The van der Waals surface area contributed by atoms with Gasteiger partial charge in [0.15, 0.2) is 0 Å². The second kappa shape index (κ2) is 21.4. The predicted octanol–water partition coefficient (Wildman–Crippen LogP) is 9.22. The summed E-state index contributed by atoms with van der Waals surface area (Å²) < 4.78 is 5.77. The molecular weight excluding hydrogens is 484 g/mol. The number of nitrogens with one attached hydrogen (secondary N) is 2. The van der Waals surface area contributed by atoms with Gasteiger partial charge in [0, 0.05) is 13.1 Å². The van der Waals surface area contributed by atoms with Gasteiger partial charge in [0.25, 0.3) is 0 Å². The number of phenolic OH excluding ortho intramolecular Hbond substituents is 2. The number of ether oxygens (including phenoxy) is 1. The summed E-state index contributed by atoms with van der Waals surface area (Å²) in [5, 5.41) is 27.0. The molecule has 2 aromatic carbocycles. The smallest absolute Gasteiger partial charge is 0.138 e. The highest BCUT2D eigenvalue weighted by Gasteiger charge is 2.05. The van der Waals surface area contributed by atoms with Crippen LogP contribution in [0.2, 0.25) is 0 Å². The summed E-state index contributed by atoms with van der Waals surface area (Å²) in [6.45, 7) is 6.87. The second-order valence-corrected chi connectivity index (χ2v) is 10.9. The Morgan fingerprint density at radius 2 is 0.923 bits per heavy atom. The first-order valence-electron chi connectivity index (χ1n) is 15.8. The molecule has 0 aliphatic carbocycles. The van der Waals surface area contributed by atoms with Crippen LogP contribution in [0.15, 0.2) is 36.4 Å². The molecule has 220 valence electrons. The minimum atomic E-state index is 0.284. The molecule has 0 radical (unpaired) electrons. The summed E-state index contributed by atoms with van der Waals surface area (Å²) in [6, 6.07) is 11.8. The molecule has 0 heterocycles. The Morgan fingerprint density at radius 1 is 0.538 bits per heavy atom. The van der Waals surface area contributed by atoms with Crippen molar-refractivity contribution in [1.82, 2.24) is 0 Å². The number of aryl methyl sites for hydroxylation is 2. The molecule has 0 saturated heterocycles. The molecule has 0 aliphatic heterocycles. The van der Waals surface area contributed by atoms with Gasteiger partial charge in [0.1, 0.15) is 11.5 Å². The summed E-state index contributed by atoms with van der Waals surface area (Å²) in [5.41, 5.74) is 4.09. The van der Waals surface area contributed by atoms with Gasteiger partial charge in [0.05, 0.1) is 24.6 Å². The van der Waals surface area contributed by atoms with Gasteiger partial charge in [0.2, 0.25) is 0 Å². The van der Waals surface area contributed by atoms with Gasteiger partial charge >= 0.3 is 0 Å². The van der Waals surface area contributed by atoms with Gasteiger partial charge in [-0.2, -0.15) is 0 Å². The van der Waals surface area contributed by atoms with Crippen molar-refractivity contribution in [2.45, 2.75) is 117 Å². The molecule has 0 bridgehead atoms. The zero-order chi connectivity index (χ0) is 28.0. The van der Waals surface area contributed by atoms with E-state index in [-0.39, 0.29) is 11.5 Å². The number of unbranched alkanes of at least 4 members (excludes halogenated alkanes) is 12. The first-order valence-corrected chi connectivity index (χ1v) is 15.8. The van der Waals surface area contributed by atoms with Gasteiger partial charge in [-0.05, 0) is 61.1 Å². The van der Waals surface area contributed by atoms with E-state index in [4.69, 9.17) is 4.74 Å². The molecule has 5 heteroatoms. The van der Waals surface area contributed by atoms with Crippen LogP contribution in [0.1, 0.15) is 115 Å². The van der Waals surface area contributed by atoms with Crippen molar-refractivity contribution < 1.29 is 14.9 Å². The highest BCUT2D eigenvalue weighted by molar-refractivity contribution is 5.58. The van der Waals surface area contributed by atoms with E-state index in [1.165, 1.54) is 101 Å². The van der Waals surface area contributed by atoms with Crippen LogP contribution < -0.4 is 10.6 Å². The van der Waals surface area contributed by atoms with Crippen LogP contribution in [0, 0.1) is 0 Å². The Hall–Kier alpha value is -2.40. The van der Waals surface area contributed by atoms with Crippen molar-refractivity contribution in [2.24, 2.45) is 0 Å². The summed E-state index contributed by atoms with van der Waals surface area (Å²) in [6.07, 6.45) is 20.4. The van der Waals surface area contributed by atoms with Crippen LogP contribution in [0.25, 0.3) is 0 Å². The van der Waals surface area contributed by atoms with E-state index in [1.54, 1.807) is 12.1 Å². The standard InChI is InChI=1S/C34H56N2O3/c1-3-5-7-9-11-13-15-17-29-19-21-33(37)31(27-29)35-23-25-39-26-24-36-32-28-30(20-22-34(32)38)18-16-14-12-10-8-6-4-2/h19-22,27-28,35-38H,3-18,23-26H2,1-2H3. The molecule has 0 saturated carbocycles. The first-order chi connectivity index (χ1) is 19.1. The zero-order valence-corrected chi connectivity index (χ0v) is 24.9. The average molecular weight is 541 g/mol. The van der Waals surface area contributed by atoms with E-state index >= 15 is 0 Å². The molecule has 0 aliphatic rings. The molecule has 0 atom stereocenters. The summed E-state index contributed by atoms with van der Waals surface area (Å²) in [4.78, 5) is 0. The number of benzene rings is 2. The molecule has 2 rings (SSSR count). The summed E-state index contributed by atoms with van der Waals surface area (Å²) in [7, 11) is 0. The molecule has 0 unspecified atom stereocenters. The number of hydrogen-bond acceptors (Lipinski definition) is 5. The molecular formula is C34H56N2O3. The fourth-order valence-electron chi connectivity index (χ4n) is 4.95. The maximum atomic E-state index is 10.2. The lowest BCUT2D eigenvalue weighted by molar-refractivity contribution is 0.154. The van der Waals surface area contributed by atoms with E-state index < -0.39 is 0 Å². The summed E-state index contributed by atoms with van der Waals surface area (Å²) in [5.74, 6) is 0.568. The normalized spacial score (nSPS) is 11.1. The SMILES string of the molecule is CCCCCCCCCc1ccc(O)c(NCCOCCNc2cc(CCCCCCCCC)ccc2O)c1. The van der Waals surface area contributed by atoms with Gasteiger partial charge in [-0.15, -0.1) is 0 Å². The van der Waals surface area contributed by atoms with Gasteiger partial charge in [-0.3, -0.25) is 0 Å². The van der Waals surface area contributed by atoms with Crippen LogP contribution in [0.3, 0.4) is 0 Å². The number of anilines is 2. The molecule has 4 N–H and O–H groups in total. The van der Waals surface area contributed by atoms with E-state index in [1.807, 2.05) is 12.1 Å². The fourth-order valence-corrected chi connectivity index (χ4v) is 4.95. The maximum absolute atomic E-state index is 10.2. The highest BCUT2D eigenvalue weighted by atomic mass is 16.5. The van der Waals surface area contributed by atoms with E-state index in [0.29, 0.717) is 26.3 Å². The Morgan fingerprint density at radius 3 is 1.33 bits per heavy atom. The maximum Gasteiger partial charge on any atom is 0.138 e. The monoisotopic (exact) mass is 540 g/mol. The lowest BCUT2D eigenvalue weighted by atomic mass is 10.0. The topological polar surface area (TPSA) is 73.8 Å². The van der Waals surface area contributed by atoms with Gasteiger partial charge in [-0.1, -0.05) is 103 Å². The third-order valence-corrected chi connectivity index (χ3v) is 7.38. The Kier molecular flexibility index (Phi) is 18.0. The van der Waals surface area contributed by atoms with Crippen LogP contribution in [0.5, 0.6) is 11.5 Å². The summed E-state index contributed by atoms with van der Waals surface area (Å²) >= 11 is 0. The first kappa shape index (κ1) is 32.8. The number of phenols is 2. The third kappa shape index (κ3) is 15.1. The number of rotatable bonds is 24. The lowest BCUT2D eigenvalue weighted by Crippen LogP contribution is -2.15. The molecule has 0 fully saturated rings. The lowest BCUT2D eigenvalue weighted by Gasteiger charge is -2.13. The molecule has 0 amide bonds. The van der Waals surface area contributed by atoms with Crippen LogP contribution in [0.4, 0.5) is 11.4 Å². The van der Waals surface area contributed by atoms with Crippen LogP contribution >= 0.6 is 0 Å². The highest BCUT2D eigenvalue weighted by Crippen LogP contribution is 2.26. The van der Waals surface area contributed by atoms with Crippen molar-refractivity contribution in [3.05, 3.63) is 47.5 Å². The zero-order valence-electron chi connectivity index (χ0n) is 24.9. The minimum absolute atomic E-state index is 0.284. The number of aromatic hydroxyl groups is 2. The molecule has 0 aromatic heterocycles. The van der Waals surface area contributed by atoms with E-state index in [9.17, 15) is 10.2 Å². The van der Waals surface area contributed by atoms with E-state index in [0.717, 1.165) is 24.2 Å². The third-order valence-electron chi connectivity index (χ3n) is 7.38. The van der Waals surface area contributed by atoms with Crippen molar-refractivity contribution in [3.63, 3.8) is 0 Å². The van der Waals surface area contributed by atoms with Crippen molar-refractivity contribution in [2.75, 3.05) is 36.9 Å². The van der Waals surface area contributed by atoms with E-state index in [2.05, 4.69) is 36.6 Å². The van der Waals surface area contributed by atoms with Gasteiger partial charge < -0.3 is 25.6 Å². The fraction of sp³-hybridized carbons (Fsp3) is 0.647. The van der Waals surface area contributed by atoms with Crippen molar-refractivity contribution in [3.8, 4) is 11.5 Å². The predicted molar refractivity (Wildman–Crippen MR) is 167 cm³/mol. The van der Waals surface area contributed by atoms with Crippen molar-refractivity contribution >= 4 is 11.4 Å². The quantitative estimate of drug-likeness (QED) is 0.0789. The largest absolute Gasteiger partial charge is 0.506 e. The Bertz CT molecular complexity index is 815. The minimum Gasteiger partial charge on any atom is -0.506 e. The second-order valence-electron chi connectivity index (χ2n) is 10.9. The number of hydrogen-bond donors (Lipinski definition) is 4.